The molecule has 1 aromatic rings. The molecule has 6 nitrogen and oxygen atoms in total. The minimum atomic E-state index is -0.420. The van der Waals surface area contributed by atoms with Gasteiger partial charge in [0.1, 0.15) is 0 Å². The second-order valence-electron chi connectivity index (χ2n) is 4.58. The minimum absolute atomic E-state index is 0.0334. The lowest BCUT2D eigenvalue weighted by Crippen LogP contribution is -2.18. The van der Waals surface area contributed by atoms with Crippen LogP contribution in [0.4, 0.5) is 0 Å². The molecule has 0 spiro atoms. The lowest BCUT2D eigenvalue weighted by Gasteiger charge is -2.16. The van der Waals surface area contributed by atoms with Crippen molar-refractivity contribution in [1.82, 2.24) is 0 Å². The molecule has 0 bridgehead atoms. The summed E-state index contributed by atoms with van der Waals surface area (Å²) in [4.78, 5) is 10.7. The fourth-order valence-electron chi connectivity index (χ4n) is 1.82. The van der Waals surface area contributed by atoms with Gasteiger partial charge in [-0.05, 0) is 31.0 Å². The number of nitrogens with two attached hydrogens (primary N) is 2. The Morgan fingerprint density at radius 2 is 1.80 bits per heavy atom. The van der Waals surface area contributed by atoms with Crippen molar-refractivity contribution in [2.45, 2.75) is 25.8 Å². The van der Waals surface area contributed by atoms with E-state index in [0.29, 0.717) is 23.7 Å². The Labute approximate surface area is 119 Å². The molecule has 112 valence electrons. The lowest BCUT2D eigenvalue weighted by atomic mass is 10.1. The van der Waals surface area contributed by atoms with Crippen molar-refractivity contribution in [3.63, 3.8) is 0 Å². The van der Waals surface area contributed by atoms with Crippen LogP contribution in [0.25, 0.3) is 0 Å². The van der Waals surface area contributed by atoms with Crippen LogP contribution < -0.4 is 25.7 Å². The highest BCUT2D eigenvalue weighted by Crippen LogP contribution is 2.38. The fraction of sp³-hybridized carbons (Fsp3) is 0.500. The number of hydrogen-bond acceptors (Lipinski definition) is 5. The van der Waals surface area contributed by atoms with Crippen LogP contribution in [0.5, 0.6) is 17.2 Å². The smallest absolute Gasteiger partial charge is 0.220 e. The largest absolute Gasteiger partial charge is 0.493 e. The zero-order chi connectivity index (χ0) is 15.1. The van der Waals surface area contributed by atoms with E-state index in [4.69, 9.17) is 25.7 Å². The number of amides is 1. The quantitative estimate of drug-likeness (QED) is 0.736. The van der Waals surface area contributed by atoms with Gasteiger partial charge in [0, 0.05) is 6.04 Å². The Hall–Kier alpha value is -1.95. The van der Waals surface area contributed by atoms with E-state index in [0.717, 1.165) is 5.56 Å². The zero-order valence-electron chi connectivity index (χ0n) is 12.1. The van der Waals surface area contributed by atoms with Gasteiger partial charge in [0.05, 0.1) is 27.2 Å². The van der Waals surface area contributed by atoms with Crippen LogP contribution in [0.3, 0.4) is 0 Å². The first-order chi connectivity index (χ1) is 9.47. The van der Waals surface area contributed by atoms with Crippen molar-refractivity contribution in [2.24, 2.45) is 11.5 Å². The maximum Gasteiger partial charge on any atom is 0.220 e. The van der Waals surface area contributed by atoms with Gasteiger partial charge in [-0.1, -0.05) is 0 Å². The van der Waals surface area contributed by atoms with Crippen molar-refractivity contribution in [3.8, 4) is 17.2 Å². The summed E-state index contributed by atoms with van der Waals surface area (Å²) in [6.45, 7) is 2.10. The highest BCUT2D eigenvalue weighted by Gasteiger charge is 2.15. The third-order valence-corrected chi connectivity index (χ3v) is 2.67. The Bertz CT molecular complexity index is 435. The Morgan fingerprint density at radius 1 is 1.25 bits per heavy atom. The molecule has 1 atom stereocenters. The minimum Gasteiger partial charge on any atom is -0.493 e. The summed E-state index contributed by atoms with van der Waals surface area (Å²) < 4.78 is 16.1. The van der Waals surface area contributed by atoms with E-state index < -0.39 is 5.91 Å². The molecule has 1 amide bonds. The Balaban J connectivity index is 2.98. The van der Waals surface area contributed by atoms with Crippen molar-refractivity contribution in [1.29, 1.82) is 0 Å². The van der Waals surface area contributed by atoms with Gasteiger partial charge in [-0.3, -0.25) is 4.79 Å². The molecule has 0 saturated heterocycles. The van der Waals surface area contributed by atoms with E-state index in [-0.39, 0.29) is 19.1 Å². The molecule has 0 aliphatic carbocycles. The predicted molar refractivity (Wildman–Crippen MR) is 76.2 cm³/mol. The molecule has 20 heavy (non-hydrogen) atoms. The van der Waals surface area contributed by atoms with E-state index in [1.165, 1.54) is 0 Å². The Morgan fingerprint density at radius 3 is 2.20 bits per heavy atom. The third-order valence-electron chi connectivity index (χ3n) is 2.67. The SMILES string of the molecule is COc1cc(CC(C)N)cc(OC)c1OCCC(N)=O. The first kappa shape index (κ1) is 16.1. The number of rotatable bonds is 8. The number of benzene rings is 1. The summed E-state index contributed by atoms with van der Waals surface area (Å²) in [6.07, 6.45) is 0.835. The van der Waals surface area contributed by atoms with Gasteiger partial charge in [0.15, 0.2) is 11.5 Å². The number of ether oxygens (including phenoxy) is 3. The third kappa shape index (κ3) is 4.62. The topological polar surface area (TPSA) is 96.8 Å². The molecule has 0 fully saturated rings. The number of hydrogen-bond donors (Lipinski definition) is 2. The molecule has 4 N–H and O–H groups in total. The van der Waals surface area contributed by atoms with E-state index in [2.05, 4.69) is 0 Å². The number of primary amides is 1. The van der Waals surface area contributed by atoms with Crippen LogP contribution in [0, 0.1) is 0 Å². The standard InChI is InChI=1S/C14H22N2O4/c1-9(15)6-10-7-11(18-2)14(12(8-10)19-3)20-5-4-13(16)17/h7-9H,4-6,15H2,1-3H3,(H2,16,17). The van der Waals surface area contributed by atoms with E-state index in [1.54, 1.807) is 14.2 Å². The highest BCUT2D eigenvalue weighted by atomic mass is 16.5. The van der Waals surface area contributed by atoms with Crippen molar-refractivity contribution >= 4 is 5.91 Å². The maximum absolute atomic E-state index is 10.7. The predicted octanol–water partition coefficient (Wildman–Crippen LogP) is 0.848. The monoisotopic (exact) mass is 282 g/mol. The first-order valence-corrected chi connectivity index (χ1v) is 6.39. The summed E-state index contributed by atoms with van der Waals surface area (Å²) in [7, 11) is 3.09. The molecule has 0 aliphatic heterocycles. The van der Waals surface area contributed by atoms with E-state index in [9.17, 15) is 4.79 Å². The van der Waals surface area contributed by atoms with Gasteiger partial charge in [-0.25, -0.2) is 0 Å². The summed E-state index contributed by atoms with van der Waals surface area (Å²) in [5, 5.41) is 0. The van der Waals surface area contributed by atoms with Crippen LogP contribution in [0.1, 0.15) is 18.9 Å². The molecule has 0 radical (unpaired) electrons. The number of carbonyl (C=O) groups excluding carboxylic acids is 1. The van der Waals surface area contributed by atoms with Crippen molar-refractivity contribution in [3.05, 3.63) is 17.7 Å². The van der Waals surface area contributed by atoms with Gasteiger partial charge in [-0.15, -0.1) is 0 Å². The van der Waals surface area contributed by atoms with E-state index in [1.807, 2.05) is 19.1 Å². The average Bonchev–Trinajstić information content (AvgIpc) is 2.38. The molecular weight excluding hydrogens is 260 g/mol. The fourth-order valence-corrected chi connectivity index (χ4v) is 1.82. The summed E-state index contributed by atoms with van der Waals surface area (Å²) in [6, 6.07) is 3.74. The lowest BCUT2D eigenvalue weighted by molar-refractivity contribution is -0.118. The first-order valence-electron chi connectivity index (χ1n) is 6.39. The van der Waals surface area contributed by atoms with Crippen molar-refractivity contribution < 1.29 is 19.0 Å². The summed E-state index contributed by atoms with van der Waals surface area (Å²) in [5.74, 6) is 1.13. The van der Waals surface area contributed by atoms with Crippen LogP contribution >= 0.6 is 0 Å². The molecule has 1 unspecified atom stereocenters. The molecule has 0 saturated carbocycles. The van der Waals surface area contributed by atoms with Gasteiger partial charge in [0.25, 0.3) is 0 Å². The zero-order valence-corrected chi connectivity index (χ0v) is 12.1. The maximum atomic E-state index is 10.7. The second-order valence-corrected chi connectivity index (χ2v) is 4.58. The summed E-state index contributed by atoms with van der Waals surface area (Å²) >= 11 is 0. The molecular formula is C14H22N2O4. The molecule has 0 aliphatic rings. The number of methoxy groups -OCH3 is 2. The van der Waals surface area contributed by atoms with E-state index >= 15 is 0 Å². The second kappa shape index (κ2) is 7.59. The van der Waals surface area contributed by atoms with Gasteiger partial charge >= 0.3 is 0 Å². The highest BCUT2D eigenvalue weighted by molar-refractivity contribution is 5.73. The molecule has 1 rings (SSSR count). The molecule has 0 aromatic heterocycles. The molecule has 0 heterocycles. The average molecular weight is 282 g/mol. The molecule has 6 heteroatoms. The normalized spacial score (nSPS) is 11.8. The Kier molecular flexibility index (Phi) is 6.11. The van der Waals surface area contributed by atoms with Gasteiger partial charge < -0.3 is 25.7 Å². The summed E-state index contributed by atoms with van der Waals surface area (Å²) in [5.41, 5.74) is 11.9. The van der Waals surface area contributed by atoms with Crippen molar-refractivity contribution in [2.75, 3.05) is 20.8 Å². The van der Waals surface area contributed by atoms with Gasteiger partial charge in [0.2, 0.25) is 11.7 Å². The van der Waals surface area contributed by atoms with Crippen LogP contribution in [-0.2, 0) is 11.2 Å². The van der Waals surface area contributed by atoms with Crippen LogP contribution in [0.15, 0.2) is 12.1 Å². The van der Waals surface area contributed by atoms with Gasteiger partial charge in [-0.2, -0.15) is 0 Å². The van der Waals surface area contributed by atoms with Crippen LogP contribution in [0.2, 0.25) is 0 Å². The number of carbonyl (C=O) groups is 1. The molecule has 1 aromatic carbocycles. The van der Waals surface area contributed by atoms with Crippen LogP contribution in [-0.4, -0.2) is 32.8 Å².